The average Bonchev–Trinajstić information content (AvgIpc) is 1.78. The Balaban J connectivity index is 4.43. The maximum Gasteiger partial charge on any atom is 0.472 e. The molecule has 0 atom stereocenters. The van der Waals surface area contributed by atoms with Gasteiger partial charge in [0, 0.05) is 19.4 Å². The van der Waals surface area contributed by atoms with Crippen LogP contribution in [0, 0.1) is 0 Å². The third kappa shape index (κ3) is 5.88. The number of hydrogen-bond acceptors (Lipinski definition) is 4. The Morgan fingerprint density at radius 3 is 2.14 bits per heavy atom. The zero-order chi connectivity index (χ0) is 11.6. The largest absolute Gasteiger partial charge is 0.472 e. The third-order valence-corrected chi connectivity index (χ3v) is 1.70. The molecule has 0 aliphatic carbocycles. The normalized spacial score (nSPS) is 12.4. The lowest BCUT2D eigenvalue weighted by molar-refractivity contribution is -0.185. The van der Waals surface area contributed by atoms with Crippen LogP contribution >= 0.6 is 7.82 Å². The van der Waals surface area contributed by atoms with Crippen LogP contribution in [0.1, 0.15) is 20.8 Å². The Hall–Kier alpha value is -0.680. The lowest BCUT2D eigenvalue weighted by atomic mass is 10.3. The first-order valence-electron chi connectivity index (χ1n) is 3.69. The van der Waals surface area contributed by atoms with Crippen molar-refractivity contribution >= 4 is 13.8 Å². The number of hydrogen-bond donors (Lipinski definition) is 2. The predicted octanol–water partition coefficient (Wildman–Crippen LogP) is 0.951. The molecule has 2 N–H and O–H groups in total. The molecule has 0 saturated carbocycles. The van der Waals surface area contributed by atoms with Gasteiger partial charge < -0.3 is 14.5 Å². The van der Waals surface area contributed by atoms with Crippen molar-refractivity contribution in [2.75, 3.05) is 0 Å². The fourth-order valence-corrected chi connectivity index (χ4v) is 1.23. The van der Waals surface area contributed by atoms with E-state index in [-0.39, 0.29) is 5.57 Å². The van der Waals surface area contributed by atoms with Crippen molar-refractivity contribution in [3.63, 3.8) is 0 Å². The van der Waals surface area contributed by atoms with Crippen LogP contribution in [0.2, 0.25) is 0 Å². The second-order valence-corrected chi connectivity index (χ2v) is 4.32. The molecule has 0 aromatic rings. The fourth-order valence-electron chi connectivity index (χ4n) is 0.615. The molecule has 0 rings (SSSR count). The summed E-state index contributed by atoms with van der Waals surface area (Å²) in [5, 5.41) is 0. The molecule has 0 aliphatic rings. The molecule has 0 amide bonds. The van der Waals surface area contributed by atoms with E-state index in [0.29, 0.717) is 0 Å². The Morgan fingerprint density at radius 2 is 1.86 bits per heavy atom. The molecule has 0 heterocycles. The molecule has 0 aromatic carbocycles. The molecule has 6 nitrogen and oxygen atoms in total. The molecule has 82 valence electrons. The highest BCUT2D eigenvalue weighted by atomic mass is 31.2. The van der Waals surface area contributed by atoms with E-state index in [0.717, 1.165) is 0 Å². The summed E-state index contributed by atoms with van der Waals surface area (Å²) >= 11 is 0. The standard InChI is InChI=1S/C7H13O6P/c1-5(2)6(8)12-7(3,4)13-14(9,10)11/h1H2,2-4H3,(H2,9,10,11). The molecule has 0 aromatic heterocycles. The maximum absolute atomic E-state index is 11.0. The molecule has 0 aliphatic heterocycles. The van der Waals surface area contributed by atoms with Crippen molar-refractivity contribution in [1.82, 2.24) is 0 Å². The van der Waals surface area contributed by atoms with Gasteiger partial charge in [0.2, 0.25) is 5.79 Å². The van der Waals surface area contributed by atoms with Crippen LogP contribution in [0.15, 0.2) is 12.2 Å². The van der Waals surface area contributed by atoms with Crippen molar-refractivity contribution in [1.29, 1.82) is 0 Å². The molecule has 0 fully saturated rings. The van der Waals surface area contributed by atoms with Crippen LogP contribution in [0.25, 0.3) is 0 Å². The van der Waals surface area contributed by atoms with Crippen LogP contribution in [-0.4, -0.2) is 21.5 Å². The minimum Gasteiger partial charge on any atom is -0.430 e. The molecule has 7 heteroatoms. The first-order chi connectivity index (χ1) is 6.03. The number of carbonyl (C=O) groups excluding carboxylic acids is 1. The summed E-state index contributed by atoms with van der Waals surface area (Å²) in [5.41, 5.74) is 0.118. The lowest BCUT2D eigenvalue weighted by Crippen LogP contribution is -2.30. The topological polar surface area (TPSA) is 93.1 Å². The van der Waals surface area contributed by atoms with E-state index in [1.54, 1.807) is 0 Å². The summed E-state index contributed by atoms with van der Waals surface area (Å²) in [6.45, 7) is 7.15. The van der Waals surface area contributed by atoms with Crippen LogP contribution < -0.4 is 0 Å². The van der Waals surface area contributed by atoms with Gasteiger partial charge in [-0.3, -0.25) is 0 Å². The SMILES string of the molecule is C=C(C)C(=O)OC(C)(C)OP(=O)(O)O. The van der Waals surface area contributed by atoms with Gasteiger partial charge in [-0.1, -0.05) is 6.58 Å². The quantitative estimate of drug-likeness (QED) is 0.319. The maximum atomic E-state index is 11.0. The molecule has 0 saturated heterocycles. The van der Waals surface area contributed by atoms with E-state index in [2.05, 4.69) is 15.8 Å². The summed E-state index contributed by atoms with van der Waals surface area (Å²) in [7, 11) is -4.68. The molecule has 0 bridgehead atoms. The number of phosphoric acid groups is 1. The van der Waals surface area contributed by atoms with Crippen molar-refractivity contribution < 1.29 is 28.4 Å². The van der Waals surface area contributed by atoms with E-state index >= 15 is 0 Å². The highest BCUT2D eigenvalue weighted by Gasteiger charge is 2.32. The second-order valence-electron chi connectivity index (χ2n) is 3.15. The van der Waals surface area contributed by atoms with Crippen LogP contribution in [0.3, 0.4) is 0 Å². The highest BCUT2D eigenvalue weighted by Crippen LogP contribution is 2.41. The van der Waals surface area contributed by atoms with Gasteiger partial charge in [0.25, 0.3) is 0 Å². The van der Waals surface area contributed by atoms with Gasteiger partial charge in [-0.2, -0.15) is 0 Å². The zero-order valence-corrected chi connectivity index (χ0v) is 9.08. The van der Waals surface area contributed by atoms with Gasteiger partial charge in [-0.15, -0.1) is 0 Å². The van der Waals surface area contributed by atoms with Gasteiger partial charge in [0.05, 0.1) is 0 Å². The second kappa shape index (κ2) is 4.23. The molecule has 0 unspecified atom stereocenters. The fraction of sp³-hybridized carbons (Fsp3) is 0.571. The summed E-state index contributed by atoms with van der Waals surface area (Å²) < 4.78 is 19.3. The Labute approximate surface area is 81.8 Å². The van der Waals surface area contributed by atoms with Crippen LogP contribution in [-0.2, 0) is 18.6 Å². The first-order valence-corrected chi connectivity index (χ1v) is 5.22. The average molecular weight is 224 g/mol. The van der Waals surface area contributed by atoms with E-state index in [9.17, 15) is 9.36 Å². The third-order valence-electron chi connectivity index (χ3n) is 1.03. The number of rotatable bonds is 4. The lowest BCUT2D eigenvalue weighted by Gasteiger charge is -2.25. The van der Waals surface area contributed by atoms with Gasteiger partial charge >= 0.3 is 13.8 Å². The molecular weight excluding hydrogens is 211 g/mol. The van der Waals surface area contributed by atoms with E-state index in [1.165, 1.54) is 20.8 Å². The van der Waals surface area contributed by atoms with Gasteiger partial charge in [-0.25, -0.2) is 13.9 Å². The zero-order valence-electron chi connectivity index (χ0n) is 8.18. The number of carbonyl (C=O) groups is 1. The van der Waals surface area contributed by atoms with Crippen molar-refractivity contribution in [2.24, 2.45) is 0 Å². The van der Waals surface area contributed by atoms with E-state index in [1.807, 2.05) is 0 Å². The monoisotopic (exact) mass is 224 g/mol. The Kier molecular flexibility index (Phi) is 4.02. The predicted molar refractivity (Wildman–Crippen MR) is 48.1 cm³/mol. The minimum absolute atomic E-state index is 0.118. The number of phosphoric ester groups is 1. The minimum atomic E-state index is -4.68. The summed E-state index contributed by atoms with van der Waals surface area (Å²) in [5.74, 6) is -2.46. The molecule has 0 radical (unpaired) electrons. The van der Waals surface area contributed by atoms with Crippen LogP contribution in [0.4, 0.5) is 0 Å². The molecular formula is C7H13O6P. The summed E-state index contributed by atoms with van der Waals surface area (Å²) in [6, 6.07) is 0. The van der Waals surface area contributed by atoms with E-state index in [4.69, 9.17) is 9.79 Å². The molecule has 0 spiro atoms. The summed E-state index contributed by atoms with van der Waals surface area (Å²) in [4.78, 5) is 27.9. The van der Waals surface area contributed by atoms with Gasteiger partial charge in [0.1, 0.15) is 0 Å². The van der Waals surface area contributed by atoms with Crippen LogP contribution in [0.5, 0.6) is 0 Å². The first kappa shape index (κ1) is 13.3. The van der Waals surface area contributed by atoms with Crippen molar-refractivity contribution in [2.45, 2.75) is 26.6 Å². The van der Waals surface area contributed by atoms with Gasteiger partial charge in [0.15, 0.2) is 0 Å². The van der Waals surface area contributed by atoms with Gasteiger partial charge in [-0.05, 0) is 6.92 Å². The Bertz CT molecular complexity index is 289. The molecule has 14 heavy (non-hydrogen) atoms. The summed E-state index contributed by atoms with van der Waals surface area (Å²) in [6.07, 6.45) is 0. The van der Waals surface area contributed by atoms with E-state index < -0.39 is 19.6 Å². The highest BCUT2D eigenvalue weighted by molar-refractivity contribution is 7.46. The Morgan fingerprint density at radius 1 is 1.43 bits per heavy atom. The smallest absolute Gasteiger partial charge is 0.430 e. The van der Waals surface area contributed by atoms with Crippen molar-refractivity contribution in [3.05, 3.63) is 12.2 Å². The number of esters is 1. The number of ether oxygens (including phenoxy) is 1. The van der Waals surface area contributed by atoms with Crippen molar-refractivity contribution in [3.8, 4) is 0 Å².